The summed E-state index contributed by atoms with van der Waals surface area (Å²) in [7, 11) is 0. The second kappa shape index (κ2) is 4.42. The van der Waals surface area contributed by atoms with E-state index in [9.17, 15) is 9.18 Å². The first-order valence-corrected chi connectivity index (χ1v) is 4.00. The molecule has 0 unspecified atom stereocenters. The van der Waals surface area contributed by atoms with Crippen molar-refractivity contribution in [3.05, 3.63) is 35.6 Å². The molecule has 0 saturated carbocycles. The molecule has 1 rings (SSSR count). The highest BCUT2D eigenvalue weighted by molar-refractivity contribution is 5.85. The third-order valence-electron chi connectivity index (χ3n) is 2.18. The maximum atomic E-state index is 12.6. The number of rotatable bonds is 2. The van der Waals surface area contributed by atoms with Crippen molar-refractivity contribution >= 4 is 18.3 Å². The zero-order valence-corrected chi connectivity index (χ0v) is 8.90. The van der Waals surface area contributed by atoms with Crippen LogP contribution in [0.4, 0.5) is 4.39 Å². The van der Waals surface area contributed by atoms with Crippen LogP contribution in [0.15, 0.2) is 24.3 Å². The van der Waals surface area contributed by atoms with E-state index in [1.54, 1.807) is 26.0 Å². The predicted molar refractivity (Wildman–Crippen MR) is 55.9 cm³/mol. The Morgan fingerprint density at radius 2 is 1.71 bits per heavy atom. The van der Waals surface area contributed by atoms with Crippen LogP contribution < -0.4 is 5.73 Å². The molecule has 78 valence electrons. The normalized spacial score (nSPS) is 10.5. The average Bonchev–Trinajstić information content (AvgIpc) is 2.04. The summed E-state index contributed by atoms with van der Waals surface area (Å²) in [4.78, 5) is 11.0. The third kappa shape index (κ3) is 2.45. The molecule has 0 spiro atoms. The maximum absolute atomic E-state index is 12.6. The number of hydrogen-bond acceptors (Lipinski definition) is 1. The minimum Gasteiger partial charge on any atom is -0.369 e. The van der Waals surface area contributed by atoms with E-state index < -0.39 is 11.3 Å². The monoisotopic (exact) mass is 217 g/mol. The number of primary amides is 1. The zero-order valence-electron chi connectivity index (χ0n) is 8.08. The lowest BCUT2D eigenvalue weighted by Crippen LogP contribution is -2.35. The van der Waals surface area contributed by atoms with Gasteiger partial charge in [-0.3, -0.25) is 4.79 Å². The lowest BCUT2D eigenvalue weighted by Gasteiger charge is -2.20. The molecular weight excluding hydrogens is 205 g/mol. The van der Waals surface area contributed by atoms with Crippen molar-refractivity contribution in [2.24, 2.45) is 5.73 Å². The standard InChI is InChI=1S/C10H12FNO.ClH/c1-10(2,9(12)13)7-3-5-8(11)6-4-7;/h3-6H,1-2H3,(H2,12,13);1H. The number of carbonyl (C=O) groups is 1. The van der Waals surface area contributed by atoms with Crippen molar-refractivity contribution in [3.63, 3.8) is 0 Å². The van der Waals surface area contributed by atoms with Gasteiger partial charge in [-0.15, -0.1) is 12.4 Å². The summed E-state index contributed by atoms with van der Waals surface area (Å²) in [5.74, 6) is -0.733. The van der Waals surface area contributed by atoms with Gasteiger partial charge in [-0.25, -0.2) is 4.39 Å². The van der Waals surface area contributed by atoms with Gasteiger partial charge in [0, 0.05) is 0 Å². The lowest BCUT2D eigenvalue weighted by molar-refractivity contribution is -0.122. The van der Waals surface area contributed by atoms with Crippen LogP contribution in [0.3, 0.4) is 0 Å². The van der Waals surface area contributed by atoms with E-state index >= 15 is 0 Å². The topological polar surface area (TPSA) is 43.1 Å². The summed E-state index contributed by atoms with van der Waals surface area (Å²) in [6.45, 7) is 3.42. The van der Waals surface area contributed by atoms with Gasteiger partial charge in [0.15, 0.2) is 0 Å². The van der Waals surface area contributed by atoms with Crippen LogP contribution in [0.2, 0.25) is 0 Å². The van der Waals surface area contributed by atoms with Crippen LogP contribution >= 0.6 is 12.4 Å². The van der Waals surface area contributed by atoms with Gasteiger partial charge in [0.25, 0.3) is 0 Å². The maximum Gasteiger partial charge on any atom is 0.227 e. The molecule has 0 aliphatic rings. The van der Waals surface area contributed by atoms with Crippen molar-refractivity contribution < 1.29 is 9.18 Å². The van der Waals surface area contributed by atoms with Gasteiger partial charge in [0.05, 0.1) is 5.41 Å². The van der Waals surface area contributed by atoms with E-state index in [-0.39, 0.29) is 18.2 Å². The molecule has 14 heavy (non-hydrogen) atoms. The van der Waals surface area contributed by atoms with Crippen molar-refractivity contribution in [1.82, 2.24) is 0 Å². The highest BCUT2D eigenvalue weighted by Gasteiger charge is 2.26. The van der Waals surface area contributed by atoms with Crippen molar-refractivity contribution in [1.29, 1.82) is 0 Å². The van der Waals surface area contributed by atoms with Gasteiger partial charge < -0.3 is 5.73 Å². The molecule has 0 fully saturated rings. The smallest absolute Gasteiger partial charge is 0.227 e. The van der Waals surface area contributed by atoms with Crippen molar-refractivity contribution in [3.8, 4) is 0 Å². The van der Waals surface area contributed by atoms with Gasteiger partial charge in [0.1, 0.15) is 5.82 Å². The van der Waals surface area contributed by atoms with E-state index in [4.69, 9.17) is 5.73 Å². The molecule has 1 aromatic carbocycles. The number of nitrogens with two attached hydrogens (primary N) is 1. The SMILES string of the molecule is CC(C)(C(N)=O)c1ccc(F)cc1.Cl. The molecule has 2 N–H and O–H groups in total. The Hall–Kier alpha value is -1.09. The fourth-order valence-corrected chi connectivity index (χ4v) is 1.01. The van der Waals surface area contributed by atoms with Gasteiger partial charge in [-0.05, 0) is 31.5 Å². The minimum atomic E-state index is -0.742. The van der Waals surface area contributed by atoms with Gasteiger partial charge >= 0.3 is 0 Å². The molecule has 1 amide bonds. The number of halogens is 2. The van der Waals surface area contributed by atoms with Gasteiger partial charge in [-0.1, -0.05) is 12.1 Å². The summed E-state index contributed by atoms with van der Waals surface area (Å²) < 4.78 is 12.6. The molecule has 0 bridgehead atoms. The Balaban J connectivity index is 0.00000169. The molecular formula is C10H13ClFNO. The molecule has 1 aromatic rings. The summed E-state index contributed by atoms with van der Waals surface area (Å²) in [5, 5.41) is 0. The zero-order chi connectivity index (χ0) is 10.1. The Morgan fingerprint density at radius 3 is 2.07 bits per heavy atom. The molecule has 2 nitrogen and oxygen atoms in total. The molecule has 0 aliphatic carbocycles. The third-order valence-corrected chi connectivity index (χ3v) is 2.18. The Labute approximate surface area is 88.7 Å². The van der Waals surface area contributed by atoms with Crippen molar-refractivity contribution in [2.45, 2.75) is 19.3 Å². The van der Waals surface area contributed by atoms with E-state index in [0.717, 1.165) is 5.56 Å². The lowest BCUT2D eigenvalue weighted by atomic mass is 9.84. The fourth-order valence-electron chi connectivity index (χ4n) is 1.01. The minimum absolute atomic E-state index is 0. The number of carbonyl (C=O) groups excluding carboxylic acids is 1. The highest BCUT2D eigenvalue weighted by Crippen LogP contribution is 2.22. The second-order valence-electron chi connectivity index (χ2n) is 3.50. The number of benzene rings is 1. The largest absolute Gasteiger partial charge is 0.369 e. The Bertz CT molecular complexity index is 321. The van der Waals surface area contributed by atoms with Crippen LogP contribution in [0, 0.1) is 5.82 Å². The molecule has 0 aliphatic heterocycles. The first kappa shape index (κ1) is 12.9. The molecule has 0 atom stereocenters. The summed E-state index contributed by atoms with van der Waals surface area (Å²) in [6.07, 6.45) is 0. The van der Waals surface area contributed by atoms with Gasteiger partial charge in [-0.2, -0.15) is 0 Å². The number of hydrogen-bond donors (Lipinski definition) is 1. The second-order valence-corrected chi connectivity index (χ2v) is 3.50. The summed E-state index contributed by atoms with van der Waals surface area (Å²) in [6, 6.07) is 5.78. The van der Waals surface area contributed by atoms with Gasteiger partial charge in [0.2, 0.25) is 5.91 Å². The molecule has 0 heterocycles. The molecule has 0 saturated heterocycles. The first-order valence-electron chi connectivity index (χ1n) is 4.00. The molecule has 0 radical (unpaired) electrons. The highest BCUT2D eigenvalue weighted by atomic mass is 35.5. The van der Waals surface area contributed by atoms with Crippen LogP contribution in [0.5, 0.6) is 0 Å². The number of amides is 1. The quantitative estimate of drug-likeness (QED) is 0.809. The molecule has 4 heteroatoms. The average molecular weight is 218 g/mol. The van der Waals surface area contributed by atoms with Crippen LogP contribution in [0.25, 0.3) is 0 Å². The first-order chi connectivity index (χ1) is 5.94. The summed E-state index contributed by atoms with van der Waals surface area (Å²) in [5.41, 5.74) is 5.19. The Morgan fingerprint density at radius 1 is 1.29 bits per heavy atom. The molecule has 0 aromatic heterocycles. The van der Waals surface area contributed by atoms with E-state index in [1.165, 1.54) is 12.1 Å². The van der Waals surface area contributed by atoms with Crippen LogP contribution in [-0.2, 0) is 10.2 Å². The van der Waals surface area contributed by atoms with E-state index in [1.807, 2.05) is 0 Å². The van der Waals surface area contributed by atoms with Crippen LogP contribution in [0.1, 0.15) is 19.4 Å². The van der Waals surface area contributed by atoms with E-state index in [2.05, 4.69) is 0 Å². The van der Waals surface area contributed by atoms with E-state index in [0.29, 0.717) is 0 Å². The summed E-state index contributed by atoms with van der Waals surface area (Å²) >= 11 is 0. The van der Waals surface area contributed by atoms with Crippen LogP contribution in [-0.4, -0.2) is 5.91 Å². The van der Waals surface area contributed by atoms with Crippen molar-refractivity contribution in [2.75, 3.05) is 0 Å². The Kier molecular flexibility index (Phi) is 4.08. The fraction of sp³-hybridized carbons (Fsp3) is 0.300. The predicted octanol–water partition coefficient (Wildman–Crippen LogP) is 2.01.